The summed E-state index contributed by atoms with van der Waals surface area (Å²) >= 11 is 0. The van der Waals surface area contributed by atoms with Crippen molar-refractivity contribution in [3.63, 3.8) is 0 Å². The molecule has 6 rings (SSSR count). The Morgan fingerprint density at radius 3 is 2.53 bits per heavy atom. The number of hydrogen-bond donors (Lipinski definition) is 1. The zero-order valence-corrected chi connectivity index (χ0v) is 17.7. The van der Waals surface area contributed by atoms with E-state index < -0.39 is 5.41 Å². The van der Waals surface area contributed by atoms with Gasteiger partial charge >= 0.3 is 0 Å². The lowest BCUT2D eigenvalue weighted by atomic mass is 9.74. The molecule has 32 heavy (non-hydrogen) atoms. The van der Waals surface area contributed by atoms with Crippen LogP contribution in [0.3, 0.4) is 0 Å². The van der Waals surface area contributed by atoms with Crippen LogP contribution in [-0.2, 0) is 16.8 Å². The molecule has 4 heterocycles. The molecule has 1 N–H and O–H groups in total. The number of amides is 1. The number of fused-ring (bicyclic) bond motifs is 3. The van der Waals surface area contributed by atoms with E-state index in [-0.39, 0.29) is 5.91 Å². The van der Waals surface area contributed by atoms with Gasteiger partial charge in [-0.05, 0) is 42.9 Å². The van der Waals surface area contributed by atoms with E-state index in [1.165, 1.54) is 6.33 Å². The van der Waals surface area contributed by atoms with Gasteiger partial charge in [-0.3, -0.25) is 9.78 Å². The summed E-state index contributed by atoms with van der Waals surface area (Å²) in [4.78, 5) is 29.1. The van der Waals surface area contributed by atoms with Gasteiger partial charge in [0, 0.05) is 40.8 Å². The van der Waals surface area contributed by atoms with Gasteiger partial charge in [-0.25, -0.2) is 9.97 Å². The number of carbonyl (C=O) groups is 1. The molecule has 158 valence electrons. The van der Waals surface area contributed by atoms with E-state index in [0.717, 1.165) is 64.8 Å². The van der Waals surface area contributed by atoms with Gasteiger partial charge in [0.15, 0.2) is 0 Å². The fourth-order valence-electron chi connectivity index (χ4n) is 5.32. The summed E-state index contributed by atoms with van der Waals surface area (Å²) in [7, 11) is 0. The van der Waals surface area contributed by atoms with Crippen molar-refractivity contribution >= 4 is 22.4 Å². The van der Waals surface area contributed by atoms with Crippen LogP contribution in [0.1, 0.15) is 24.1 Å². The van der Waals surface area contributed by atoms with Crippen molar-refractivity contribution in [1.29, 1.82) is 0 Å². The maximum atomic E-state index is 13.9. The molecule has 2 aliphatic heterocycles. The normalized spacial score (nSPS) is 17.1. The monoisotopic (exact) mass is 421 g/mol. The molecule has 6 nitrogen and oxygen atoms in total. The first-order valence-electron chi connectivity index (χ1n) is 11.0. The van der Waals surface area contributed by atoms with Crippen LogP contribution in [0.4, 0.5) is 5.69 Å². The van der Waals surface area contributed by atoms with E-state index in [4.69, 9.17) is 4.98 Å². The van der Waals surface area contributed by atoms with Crippen molar-refractivity contribution in [1.82, 2.24) is 20.3 Å². The first-order chi connectivity index (χ1) is 15.8. The smallest absolute Gasteiger partial charge is 0.238 e. The van der Waals surface area contributed by atoms with E-state index in [1.54, 1.807) is 0 Å². The third-order valence-corrected chi connectivity index (χ3v) is 6.86. The molecule has 1 fully saturated rings. The standard InChI is InChI=1S/C26H23N5O/c32-25-26(9-11-27-12-10-26)21-7-3-4-8-23(21)31(25)16-22-24(19-13-28-17-29-14-19)20-6-2-1-5-18(20)15-30-22/h1-8,13-15,17,27H,9-12,16H2. The van der Waals surface area contributed by atoms with Gasteiger partial charge in [0.2, 0.25) is 5.91 Å². The van der Waals surface area contributed by atoms with Crippen LogP contribution >= 0.6 is 0 Å². The highest BCUT2D eigenvalue weighted by Crippen LogP contribution is 2.47. The maximum absolute atomic E-state index is 13.9. The van der Waals surface area contributed by atoms with Gasteiger partial charge in [0.05, 0.1) is 17.7 Å². The summed E-state index contributed by atoms with van der Waals surface area (Å²) in [6.07, 6.45) is 8.70. The lowest BCUT2D eigenvalue weighted by Crippen LogP contribution is -2.47. The molecule has 0 aliphatic carbocycles. The predicted octanol–water partition coefficient (Wildman–Crippen LogP) is 3.86. The van der Waals surface area contributed by atoms with Gasteiger partial charge in [-0.2, -0.15) is 0 Å². The molecule has 2 aromatic carbocycles. The Kier molecular flexibility index (Phi) is 4.47. The molecule has 0 atom stereocenters. The number of carbonyl (C=O) groups excluding carboxylic acids is 1. The van der Waals surface area contributed by atoms with Crippen molar-refractivity contribution in [2.24, 2.45) is 0 Å². The topological polar surface area (TPSA) is 71.0 Å². The third-order valence-electron chi connectivity index (χ3n) is 6.86. The van der Waals surface area contributed by atoms with E-state index >= 15 is 0 Å². The number of nitrogens with zero attached hydrogens (tertiary/aromatic N) is 4. The summed E-state index contributed by atoms with van der Waals surface area (Å²) in [5, 5.41) is 5.55. The Bertz CT molecular complexity index is 1310. The number of piperidine rings is 1. The van der Waals surface area contributed by atoms with Crippen molar-refractivity contribution in [2.75, 3.05) is 18.0 Å². The van der Waals surface area contributed by atoms with Crippen molar-refractivity contribution in [2.45, 2.75) is 24.8 Å². The van der Waals surface area contributed by atoms with Gasteiger partial charge in [-0.15, -0.1) is 0 Å². The number of para-hydroxylation sites is 1. The highest BCUT2D eigenvalue weighted by molar-refractivity contribution is 6.08. The molecule has 2 aromatic heterocycles. The fraction of sp³-hybridized carbons (Fsp3) is 0.231. The number of hydrogen-bond acceptors (Lipinski definition) is 5. The Morgan fingerprint density at radius 2 is 1.69 bits per heavy atom. The Balaban J connectivity index is 1.50. The largest absolute Gasteiger partial charge is 0.317 e. The highest BCUT2D eigenvalue weighted by Gasteiger charge is 2.51. The summed E-state index contributed by atoms with van der Waals surface area (Å²) < 4.78 is 0. The summed E-state index contributed by atoms with van der Waals surface area (Å²) in [5.74, 6) is 0.186. The van der Waals surface area contributed by atoms with Crippen LogP contribution in [0, 0.1) is 0 Å². The SMILES string of the molecule is O=C1N(Cc2ncc3ccccc3c2-c2cncnc2)c2ccccc2C12CCNCC2. The quantitative estimate of drug-likeness (QED) is 0.544. The van der Waals surface area contributed by atoms with Gasteiger partial charge in [0.25, 0.3) is 0 Å². The number of pyridine rings is 1. The molecule has 0 bridgehead atoms. The van der Waals surface area contributed by atoms with Crippen LogP contribution in [0.15, 0.2) is 73.4 Å². The zero-order valence-electron chi connectivity index (χ0n) is 17.7. The number of anilines is 1. The minimum absolute atomic E-state index is 0.186. The second-order valence-corrected chi connectivity index (χ2v) is 8.53. The number of rotatable bonds is 3. The first kappa shape index (κ1) is 19.1. The molecule has 6 heteroatoms. The molecule has 1 amide bonds. The van der Waals surface area contributed by atoms with Gasteiger partial charge in [0.1, 0.15) is 6.33 Å². The molecule has 0 unspecified atom stereocenters. The summed E-state index contributed by atoms with van der Waals surface area (Å²) in [6.45, 7) is 2.13. The van der Waals surface area contributed by atoms with Crippen molar-refractivity contribution in [3.05, 3.63) is 84.7 Å². The van der Waals surface area contributed by atoms with E-state index in [2.05, 4.69) is 39.6 Å². The summed E-state index contributed by atoms with van der Waals surface area (Å²) in [5.41, 5.74) is 4.46. The Morgan fingerprint density at radius 1 is 0.938 bits per heavy atom. The third kappa shape index (κ3) is 2.83. The molecule has 0 saturated carbocycles. The van der Waals surface area contributed by atoms with Crippen LogP contribution in [0.5, 0.6) is 0 Å². The number of benzene rings is 2. The molecule has 1 spiro atoms. The van der Waals surface area contributed by atoms with E-state index in [1.807, 2.05) is 47.8 Å². The fourth-order valence-corrected chi connectivity index (χ4v) is 5.32. The lowest BCUT2D eigenvalue weighted by Gasteiger charge is -2.33. The molecular weight excluding hydrogens is 398 g/mol. The van der Waals surface area contributed by atoms with Gasteiger partial charge < -0.3 is 10.2 Å². The zero-order chi connectivity index (χ0) is 21.5. The van der Waals surface area contributed by atoms with Crippen LogP contribution in [-0.4, -0.2) is 33.9 Å². The average molecular weight is 422 g/mol. The highest BCUT2D eigenvalue weighted by atomic mass is 16.2. The average Bonchev–Trinajstić information content (AvgIpc) is 3.07. The van der Waals surface area contributed by atoms with Gasteiger partial charge in [-0.1, -0.05) is 42.5 Å². The lowest BCUT2D eigenvalue weighted by molar-refractivity contribution is -0.124. The van der Waals surface area contributed by atoms with E-state index in [9.17, 15) is 4.79 Å². The van der Waals surface area contributed by atoms with Crippen LogP contribution in [0.25, 0.3) is 21.9 Å². The van der Waals surface area contributed by atoms with Crippen molar-refractivity contribution in [3.8, 4) is 11.1 Å². The molecule has 4 aromatic rings. The number of nitrogens with one attached hydrogen (secondary N) is 1. The Labute approximate surface area is 186 Å². The second-order valence-electron chi connectivity index (χ2n) is 8.53. The van der Waals surface area contributed by atoms with Crippen LogP contribution < -0.4 is 10.2 Å². The molecular formula is C26H23N5O. The first-order valence-corrected chi connectivity index (χ1v) is 11.0. The molecule has 0 radical (unpaired) electrons. The second kappa shape index (κ2) is 7.50. The minimum Gasteiger partial charge on any atom is -0.317 e. The van der Waals surface area contributed by atoms with E-state index in [0.29, 0.717) is 6.54 Å². The predicted molar refractivity (Wildman–Crippen MR) is 124 cm³/mol. The number of aromatic nitrogens is 3. The minimum atomic E-state index is -0.436. The van der Waals surface area contributed by atoms with Crippen molar-refractivity contribution < 1.29 is 4.79 Å². The summed E-state index contributed by atoms with van der Waals surface area (Å²) in [6, 6.07) is 16.4. The maximum Gasteiger partial charge on any atom is 0.238 e. The van der Waals surface area contributed by atoms with Crippen LogP contribution in [0.2, 0.25) is 0 Å². The molecule has 1 saturated heterocycles. The Hall–Kier alpha value is -3.64. The molecule has 2 aliphatic rings.